The van der Waals surface area contributed by atoms with Gasteiger partial charge in [-0.3, -0.25) is 0 Å². The van der Waals surface area contributed by atoms with Gasteiger partial charge in [0.2, 0.25) is 0 Å². The van der Waals surface area contributed by atoms with Gasteiger partial charge in [0.25, 0.3) is 0 Å². The number of esters is 1. The molecule has 0 aliphatic rings. The van der Waals surface area contributed by atoms with Crippen LogP contribution in [0, 0.1) is 11.8 Å². The zero-order valence-corrected chi connectivity index (χ0v) is 16.7. The Labute approximate surface area is 150 Å². The molecule has 0 aromatic heterocycles. The van der Waals surface area contributed by atoms with Crippen LogP contribution >= 0.6 is 0 Å². The summed E-state index contributed by atoms with van der Waals surface area (Å²) in [7, 11) is 0. The maximum absolute atomic E-state index is 11.3. The first kappa shape index (κ1) is 22.7. The third kappa shape index (κ3) is 14.3. The van der Waals surface area contributed by atoms with Crippen LogP contribution in [0.4, 0.5) is 0 Å². The first-order valence-electron chi connectivity index (χ1n) is 9.54. The first-order chi connectivity index (χ1) is 11.3. The summed E-state index contributed by atoms with van der Waals surface area (Å²) >= 11 is 0. The minimum Gasteiger partial charge on any atom is -0.463 e. The van der Waals surface area contributed by atoms with Crippen molar-refractivity contribution in [2.45, 2.75) is 80.1 Å². The number of hydrogen-bond donors (Lipinski definition) is 0. The van der Waals surface area contributed by atoms with E-state index in [0.29, 0.717) is 6.61 Å². The molecule has 0 saturated carbocycles. The maximum Gasteiger partial charge on any atom is 0.330 e. The lowest BCUT2D eigenvalue weighted by Gasteiger charge is -2.12. The second-order valence-electron chi connectivity index (χ2n) is 7.33. The van der Waals surface area contributed by atoms with Gasteiger partial charge in [0.15, 0.2) is 0 Å². The van der Waals surface area contributed by atoms with E-state index >= 15 is 0 Å². The highest BCUT2D eigenvalue weighted by Crippen LogP contribution is 2.19. The second kappa shape index (κ2) is 14.1. The number of carbonyl (C=O) groups is 1. The molecule has 0 aromatic carbocycles. The summed E-state index contributed by atoms with van der Waals surface area (Å²) in [4.78, 5) is 11.3. The van der Waals surface area contributed by atoms with Crippen molar-refractivity contribution in [3.8, 4) is 0 Å². The molecule has 138 valence electrons. The fourth-order valence-corrected chi connectivity index (χ4v) is 2.61. The Kier molecular flexibility index (Phi) is 13.3. The monoisotopic (exact) mass is 334 g/mol. The van der Waals surface area contributed by atoms with Crippen LogP contribution < -0.4 is 0 Å². The Morgan fingerprint density at radius 2 is 1.71 bits per heavy atom. The van der Waals surface area contributed by atoms with E-state index in [0.717, 1.165) is 23.8 Å². The largest absolute Gasteiger partial charge is 0.463 e. The predicted octanol–water partition coefficient (Wildman–Crippen LogP) is 6.63. The van der Waals surface area contributed by atoms with Gasteiger partial charge in [-0.25, -0.2) is 4.79 Å². The molecule has 0 fully saturated rings. The Morgan fingerprint density at radius 1 is 1.04 bits per heavy atom. The van der Waals surface area contributed by atoms with E-state index in [2.05, 4.69) is 33.8 Å². The number of allylic oxidation sites excluding steroid dienone is 5. The van der Waals surface area contributed by atoms with Crippen LogP contribution in [-0.2, 0) is 9.53 Å². The van der Waals surface area contributed by atoms with Crippen molar-refractivity contribution in [2.24, 2.45) is 11.8 Å². The van der Waals surface area contributed by atoms with Crippen molar-refractivity contribution >= 4 is 5.97 Å². The molecule has 0 radical (unpaired) electrons. The molecule has 0 N–H and O–H groups in total. The maximum atomic E-state index is 11.3. The van der Waals surface area contributed by atoms with Gasteiger partial charge >= 0.3 is 5.97 Å². The summed E-state index contributed by atoms with van der Waals surface area (Å²) in [6.07, 6.45) is 15.5. The fourth-order valence-electron chi connectivity index (χ4n) is 2.61. The zero-order chi connectivity index (χ0) is 18.4. The molecule has 2 heteroatoms. The topological polar surface area (TPSA) is 26.3 Å². The molecule has 0 rings (SSSR count). The molecule has 0 aliphatic carbocycles. The lowest BCUT2D eigenvalue weighted by Crippen LogP contribution is -1.99. The van der Waals surface area contributed by atoms with E-state index in [1.807, 2.05) is 26.0 Å². The number of ether oxygens (including phenoxy) is 1. The lowest BCUT2D eigenvalue weighted by molar-refractivity contribution is -0.137. The van der Waals surface area contributed by atoms with Crippen molar-refractivity contribution in [3.63, 3.8) is 0 Å². The van der Waals surface area contributed by atoms with Gasteiger partial charge in [-0.15, -0.1) is 0 Å². The molecule has 0 heterocycles. The molecule has 0 saturated heterocycles. The van der Waals surface area contributed by atoms with E-state index < -0.39 is 0 Å². The van der Waals surface area contributed by atoms with Crippen molar-refractivity contribution < 1.29 is 9.53 Å². The van der Waals surface area contributed by atoms with Crippen LogP contribution in [0.15, 0.2) is 35.5 Å². The molecule has 2 nitrogen and oxygen atoms in total. The quantitative estimate of drug-likeness (QED) is 0.227. The van der Waals surface area contributed by atoms with Gasteiger partial charge in [0.1, 0.15) is 0 Å². The fraction of sp³-hybridized carbons (Fsp3) is 0.682. The highest BCUT2D eigenvalue weighted by atomic mass is 16.5. The van der Waals surface area contributed by atoms with Gasteiger partial charge in [0, 0.05) is 6.08 Å². The molecular weight excluding hydrogens is 296 g/mol. The van der Waals surface area contributed by atoms with Crippen molar-refractivity contribution in [1.29, 1.82) is 0 Å². The first-order valence-corrected chi connectivity index (χ1v) is 9.54. The van der Waals surface area contributed by atoms with Crippen LogP contribution in [0.5, 0.6) is 0 Å². The summed E-state index contributed by atoms with van der Waals surface area (Å²) in [5.74, 6) is 1.39. The zero-order valence-electron chi connectivity index (χ0n) is 16.7. The molecule has 0 aliphatic heterocycles. The minimum absolute atomic E-state index is 0.271. The van der Waals surface area contributed by atoms with Crippen LogP contribution in [0.25, 0.3) is 0 Å². The second-order valence-corrected chi connectivity index (χ2v) is 7.33. The van der Waals surface area contributed by atoms with Crippen LogP contribution in [0.1, 0.15) is 80.1 Å². The minimum atomic E-state index is -0.271. The van der Waals surface area contributed by atoms with Gasteiger partial charge in [-0.2, -0.15) is 0 Å². The predicted molar refractivity (Wildman–Crippen MR) is 105 cm³/mol. The number of carbonyl (C=O) groups excluding carboxylic acids is 1. The summed E-state index contributed by atoms with van der Waals surface area (Å²) < 4.78 is 4.89. The molecule has 0 aromatic rings. The summed E-state index contributed by atoms with van der Waals surface area (Å²) in [6, 6.07) is 0. The highest BCUT2D eigenvalue weighted by Gasteiger charge is 2.03. The summed E-state index contributed by atoms with van der Waals surface area (Å²) in [5, 5.41) is 0. The van der Waals surface area contributed by atoms with Gasteiger partial charge < -0.3 is 4.74 Å². The number of hydrogen-bond acceptors (Lipinski definition) is 2. The van der Waals surface area contributed by atoms with Crippen LogP contribution in [0.3, 0.4) is 0 Å². The summed E-state index contributed by atoms with van der Waals surface area (Å²) in [5.41, 5.74) is 2.31. The molecule has 24 heavy (non-hydrogen) atoms. The van der Waals surface area contributed by atoms with Gasteiger partial charge in [-0.05, 0) is 51.0 Å². The highest BCUT2D eigenvalue weighted by molar-refractivity contribution is 5.83. The third-order valence-corrected chi connectivity index (χ3v) is 4.12. The van der Waals surface area contributed by atoms with Crippen LogP contribution in [0.2, 0.25) is 0 Å². The normalized spacial score (nSPS) is 14.5. The van der Waals surface area contributed by atoms with Crippen molar-refractivity contribution in [1.82, 2.24) is 0 Å². The van der Waals surface area contributed by atoms with Crippen LogP contribution in [-0.4, -0.2) is 12.6 Å². The molecule has 0 bridgehead atoms. The van der Waals surface area contributed by atoms with E-state index in [9.17, 15) is 4.79 Å². The van der Waals surface area contributed by atoms with E-state index in [1.54, 1.807) is 0 Å². The SMILES string of the molecule is CCOC(=O)C=C(C)C=CC=C(C)CCCC(C)CCCC(C)C. The number of rotatable bonds is 12. The Morgan fingerprint density at radius 3 is 2.33 bits per heavy atom. The summed E-state index contributed by atoms with van der Waals surface area (Å²) in [6.45, 7) is 13.3. The van der Waals surface area contributed by atoms with E-state index in [-0.39, 0.29) is 5.97 Å². The Hall–Kier alpha value is -1.31. The standard InChI is InChI=1S/C22H38O2/c1-7-24-22(23)17-21(6)16-10-15-20(5)14-9-13-19(4)12-8-11-18(2)3/h10,15-19H,7-9,11-14H2,1-6H3. The lowest BCUT2D eigenvalue weighted by atomic mass is 9.94. The molecular formula is C22H38O2. The molecule has 1 atom stereocenters. The van der Waals surface area contributed by atoms with E-state index in [1.165, 1.54) is 43.8 Å². The molecule has 0 spiro atoms. The Bertz CT molecular complexity index is 427. The van der Waals surface area contributed by atoms with E-state index in [4.69, 9.17) is 4.74 Å². The van der Waals surface area contributed by atoms with Crippen molar-refractivity contribution in [2.75, 3.05) is 6.61 Å². The van der Waals surface area contributed by atoms with Gasteiger partial charge in [0.05, 0.1) is 6.61 Å². The average molecular weight is 335 g/mol. The average Bonchev–Trinajstić information content (AvgIpc) is 2.46. The van der Waals surface area contributed by atoms with Gasteiger partial charge in [-0.1, -0.05) is 70.3 Å². The smallest absolute Gasteiger partial charge is 0.330 e. The Balaban J connectivity index is 4.02. The third-order valence-electron chi connectivity index (χ3n) is 4.12. The molecule has 1 unspecified atom stereocenters. The van der Waals surface area contributed by atoms with Crippen molar-refractivity contribution in [3.05, 3.63) is 35.5 Å². The molecule has 0 amide bonds.